The first-order valence-electron chi connectivity index (χ1n) is 7.08. The van der Waals surface area contributed by atoms with Gasteiger partial charge >= 0.3 is 0 Å². The van der Waals surface area contributed by atoms with Gasteiger partial charge in [0.25, 0.3) is 0 Å². The van der Waals surface area contributed by atoms with E-state index in [0.717, 1.165) is 37.3 Å². The van der Waals surface area contributed by atoms with Gasteiger partial charge in [-0.05, 0) is 43.9 Å². The van der Waals surface area contributed by atoms with Gasteiger partial charge in [0.15, 0.2) is 11.6 Å². The number of halogens is 1. The number of nitrogens with zero attached hydrogens (tertiary/aromatic N) is 1. The molecule has 1 aliphatic carbocycles. The summed E-state index contributed by atoms with van der Waals surface area (Å²) >= 11 is 0. The van der Waals surface area contributed by atoms with Gasteiger partial charge in [-0.15, -0.1) is 0 Å². The molecule has 0 unspecified atom stereocenters. The molecule has 0 saturated heterocycles. The fourth-order valence-electron chi connectivity index (χ4n) is 2.70. The molecule has 4 heteroatoms. The van der Waals surface area contributed by atoms with Gasteiger partial charge in [-0.2, -0.15) is 0 Å². The van der Waals surface area contributed by atoms with Crippen molar-refractivity contribution in [3.05, 3.63) is 29.6 Å². The van der Waals surface area contributed by atoms with Gasteiger partial charge in [0, 0.05) is 12.1 Å². The van der Waals surface area contributed by atoms with E-state index in [2.05, 4.69) is 10.3 Å². The third-order valence-electron chi connectivity index (χ3n) is 3.73. The number of rotatable bonds is 3. The van der Waals surface area contributed by atoms with Crippen LogP contribution in [0, 0.1) is 5.82 Å². The van der Waals surface area contributed by atoms with E-state index in [1.54, 1.807) is 6.07 Å². The number of ether oxygens (including phenoxy) is 1. The Labute approximate surface area is 112 Å². The number of nitrogens with one attached hydrogen (secondary N) is 1. The Morgan fingerprint density at radius 1 is 1.21 bits per heavy atom. The van der Waals surface area contributed by atoms with Gasteiger partial charge in [-0.3, -0.25) is 4.99 Å². The minimum Gasteiger partial charge on any atom is -0.487 e. The summed E-state index contributed by atoms with van der Waals surface area (Å²) in [7, 11) is 0. The van der Waals surface area contributed by atoms with Crippen LogP contribution in [-0.2, 0) is 0 Å². The number of hydrogen-bond donors (Lipinski definition) is 1. The molecule has 0 spiro atoms. The van der Waals surface area contributed by atoms with Crippen molar-refractivity contribution in [3.63, 3.8) is 0 Å². The summed E-state index contributed by atoms with van der Waals surface area (Å²) < 4.78 is 19.8. The average molecular weight is 262 g/mol. The van der Waals surface area contributed by atoms with E-state index >= 15 is 0 Å². The van der Waals surface area contributed by atoms with Crippen molar-refractivity contribution in [1.29, 1.82) is 0 Å². The van der Waals surface area contributed by atoms with Crippen molar-refractivity contribution in [3.8, 4) is 5.75 Å². The van der Waals surface area contributed by atoms with Crippen LogP contribution in [0.25, 0.3) is 0 Å². The highest BCUT2D eigenvalue weighted by Crippen LogP contribution is 2.26. The van der Waals surface area contributed by atoms with Crippen LogP contribution in [0.5, 0.6) is 5.75 Å². The first kappa shape index (κ1) is 12.5. The lowest BCUT2D eigenvalue weighted by Gasteiger charge is -2.23. The second kappa shape index (κ2) is 5.59. The van der Waals surface area contributed by atoms with E-state index in [0.29, 0.717) is 5.75 Å². The van der Waals surface area contributed by atoms with E-state index in [4.69, 9.17) is 4.74 Å². The highest BCUT2D eigenvalue weighted by molar-refractivity contribution is 5.99. The van der Waals surface area contributed by atoms with E-state index in [1.807, 2.05) is 6.07 Å². The lowest BCUT2D eigenvalue weighted by molar-refractivity contribution is 0.148. The fourth-order valence-corrected chi connectivity index (χ4v) is 2.70. The van der Waals surface area contributed by atoms with Crippen LogP contribution in [-0.4, -0.2) is 25.0 Å². The van der Waals surface area contributed by atoms with E-state index < -0.39 is 0 Å². The molecule has 0 amide bonds. The summed E-state index contributed by atoms with van der Waals surface area (Å²) in [6.45, 7) is 1.59. The Morgan fingerprint density at radius 3 is 2.74 bits per heavy atom. The molecule has 102 valence electrons. The summed E-state index contributed by atoms with van der Waals surface area (Å²) in [5, 5.41) is 3.14. The molecule has 1 aromatic rings. The summed E-state index contributed by atoms with van der Waals surface area (Å²) in [5.74, 6) is 0.858. The van der Waals surface area contributed by atoms with Gasteiger partial charge in [0.05, 0.1) is 12.6 Å². The molecule has 1 N–H and O–H groups in total. The second-order valence-corrected chi connectivity index (χ2v) is 5.18. The zero-order valence-corrected chi connectivity index (χ0v) is 11.0. The summed E-state index contributed by atoms with van der Waals surface area (Å²) in [5.41, 5.74) is 0.797. The zero-order valence-electron chi connectivity index (χ0n) is 11.0. The molecule has 1 aliphatic heterocycles. The molecule has 2 aliphatic rings. The van der Waals surface area contributed by atoms with E-state index in [-0.39, 0.29) is 11.9 Å². The van der Waals surface area contributed by atoms with Crippen LogP contribution in [0.4, 0.5) is 4.39 Å². The first-order valence-corrected chi connectivity index (χ1v) is 7.08. The van der Waals surface area contributed by atoms with Crippen LogP contribution in [0.3, 0.4) is 0 Å². The Bertz CT molecular complexity index is 481. The SMILES string of the molecule is Fc1cc(C2=NCCN2)ccc1OC1CCCCC1. The molecule has 3 rings (SSSR count). The standard InChI is InChI=1S/C15H19FN2O/c16-13-10-11(15-17-8-9-18-15)6-7-14(13)19-12-4-2-1-3-5-12/h6-7,10,12H,1-5,8-9H2,(H,17,18). The van der Waals surface area contributed by atoms with Gasteiger partial charge < -0.3 is 10.1 Å². The molecule has 0 radical (unpaired) electrons. The van der Waals surface area contributed by atoms with Crippen LogP contribution in [0.2, 0.25) is 0 Å². The third kappa shape index (κ3) is 2.88. The summed E-state index contributed by atoms with van der Waals surface area (Å²) in [6, 6.07) is 5.11. The van der Waals surface area contributed by atoms with Crippen molar-refractivity contribution in [2.45, 2.75) is 38.2 Å². The Morgan fingerprint density at radius 2 is 2.05 bits per heavy atom. The number of aliphatic imine (C=N–C) groups is 1. The molecule has 1 fully saturated rings. The van der Waals surface area contributed by atoms with Crippen LogP contribution < -0.4 is 10.1 Å². The Balaban J connectivity index is 1.72. The minimum atomic E-state index is -0.292. The predicted octanol–water partition coefficient (Wildman–Crippen LogP) is 2.89. The minimum absolute atomic E-state index is 0.177. The van der Waals surface area contributed by atoms with Crippen LogP contribution >= 0.6 is 0 Å². The molecule has 1 heterocycles. The third-order valence-corrected chi connectivity index (χ3v) is 3.73. The maximum Gasteiger partial charge on any atom is 0.165 e. The topological polar surface area (TPSA) is 33.6 Å². The Kier molecular flexibility index (Phi) is 3.67. The first-order chi connectivity index (χ1) is 9.33. The largest absolute Gasteiger partial charge is 0.487 e. The maximum atomic E-state index is 14.1. The molecule has 0 atom stereocenters. The smallest absolute Gasteiger partial charge is 0.165 e. The quantitative estimate of drug-likeness (QED) is 0.908. The number of benzene rings is 1. The van der Waals surface area contributed by atoms with Crippen molar-refractivity contribution in [2.75, 3.05) is 13.1 Å². The molecule has 1 aromatic carbocycles. The second-order valence-electron chi connectivity index (χ2n) is 5.18. The number of amidine groups is 1. The summed E-state index contributed by atoms with van der Waals surface area (Å²) in [6.07, 6.45) is 5.89. The van der Waals surface area contributed by atoms with Gasteiger partial charge in [-0.25, -0.2) is 4.39 Å². The summed E-state index contributed by atoms with van der Waals surface area (Å²) in [4.78, 5) is 4.29. The van der Waals surface area contributed by atoms with Crippen LogP contribution in [0.15, 0.2) is 23.2 Å². The predicted molar refractivity (Wildman–Crippen MR) is 73.3 cm³/mol. The fraction of sp³-hybridized carbons (Fsp3) is 0.533. The van der Waals surface area contributed by atoms with Crippen molar-refractivity contribution >= 4 is 5.84 Å². The molecular weight excluding hydrogens is 243 g/mol. The van der Waals surface area contributed by atoms with Gasteiger partial charge in [0.1, 0.15) is 5.84 Å². The van der Waals surface area contributed by atoms with Crippen molar-refractivity contribution < 1.29 is 9.13 Å². The molecule has 19 heavy (non-hydrogen) atoms. The van der Waals surface area contributed by atoms with E-state index in [1.165, 1.54) is 25.3 Å². The Hall–Kier alpha value is -1.58. The van der Waals surface area contributed by atoms with Gasteiger partial charge in [0.2, 0.25) is 0 Å². The molecule has 0 aromatic heterocycles. The van der Waals surface area contributed by atoms with E-state index in [9.17, 15) is 4.39 Å². The highest BCUT2D eigenvalue weighted by atomic mass is 19.1. The average Bonchev–Trinajstić information content (AvgIpc) is 2.96. The number of hydrogen-bond acceptors (Lipinski definition) is 3. The lowest BCUT2D eigenvalue weighted by atomic mass is 9.98. The molecule has 3 nitrogen and oxygen atoms in total. The molecule has 1 saturated carbocycles. The van der Waals surface area contributed by atoms with Crippen molar-refractivity contribution in [2.24, 2.45) is 4.99 Å². The monoisotopic (exact) mass is 262 g/mol. The zero-order chi connectivity index (χ0) is 13.1. The van der Waals surface area contributed by atoms with Crippen molar-refractivity contribution in [1.82, 2.24) is 5.32 Å². The normalized spacial score (nSPS) is 19.9. The lowest BCUT2D eigenvalue weighted by Crippen LogP contribution is -2.21. The molecular formula is C15H19FN2O. The highest BCUT2D eigenvalue weighted by Gasteiger charge is 2.17. The van der Waals surface area contributed by atoms with Crippen LogP contribution in [0.1, 0.15) is 37.7 Å². The maximum absolute atomic E-state index is 14.1. The van der Waals surface area contributed by atoms with Gasteiger partial charge in [-0.1, -0.05) is 6.42 Å². The molecule has 0 bridgehead atoms.